The highest BCUT2D eigenvalue weighted by Crippen LogP contribution is 2.36. The van der Waals surface area contributed by atoms with E-state index in [1.54, 1.807) is 38.1 Å². The average molecular weight is 736 g/mol. The van der Waals surface area contributed by atoms with E-state index >= 15 is 0 Å². The molecule has 3 aromatic carbocycles. The standard InChI is InChI=1S/C36H35BrN2O8S/c1-6-44-29-18-25(13-15-28(29)47-20-31(40)43-5)33-32(35(42)45-7-2)22(4)38-36-39(33)34(41)30(48-36)17-24-12-14-27(26(37)16-24)46-19-23-10-8-21(3)9-11-23/h8-18,33H,6-7,19-20H2,1-5H3/b30-17-/t33-/m0/s1. The summed E-state index contributed by atoms with van der Waals surface area (Å²) in [5, 5.41) is 0. The number of fused-ring (bicyclic) bond motifs is 1. The SMILES string of the molecule is CCOC(=O)C1=C(C)N=c2s/c(=C\c3ccc(OCc4ccc(C)cc4)c(Br)c3)c(=O)n2[C@H]1c1ccc(OCC(=O)OC)c(OCC)c1. The molecule has 5 rings (SSSR count). The van der Waals surface area contributed by atoms with E-state index in [0.29, 0.717) is 51.1 Å². The topological polar surface area (TPSA) is 115 Å². The number of carbonyl (C=O) groups excluding carboxylic acids is 2. The molecular weight excluding hydrogens is 700 g/mol. The number of ether oxygens (including phenoxy) is 5. The monoisotopic (exact) mass is 734 g/mol. The lowest BCUT2D eigenvalue weighted by molar-refractivity contribution is -0.143. The number of rotatable bonds is 12. The molecule has 1 aromatic heterocycles. The van der Waals surface area contributed by atoms with Crippen molar-refractivity contribution in [3.8, 4) is 17.2 Å². The van der Waals surface area contributed by atoms with Crippen molar-refractivity contribution in [1.29, 1.82) is 0 Å². The molecule has 1 aliphatic rings. The van der Waals surface area contributed by atoms with Gasteiger partial charge in [0.1, 0.15) is 12.4 Å². The van der Waals surface area contributed by atoms with Crippen LogP contribution >= 0.6 is 27.3 Å². The molecule has 1 atom stereocenters. The largest absolute Gasteiger partial charge is 0.490 e. The van der Waals surface area contributed by atoms with Crippen LogP contribution in [0.1, 0.15) is 49.1 Å². The minimum Gasteiger partial charge on any atom is -0.490 e. The van der Waals surface area contributed by atoms with Crippen molar-refractivity contribution in [1.82, 2.24) is 4.57 Å². The first-order valence-electron chi connectivity index (χ1n) is 15.3. The van der Waals surface area contributed by atoms with Crippen LogP contribution < -0.4 is 29.1 Å². The van der Waals surface area contributed by atoms with Gasteiger partial charge in [-0.15, -0.1) is 0 Å². The van der Waals surface area contributed by atoms with Crippen LogP contribution in [-0.2, 0) is 25.7 Å². The number of nitrogens with zero attached hydrogens (tertiary/aromatic N) is 2. The van der Waals surface area contributed by atoms with Gasteiger partial charge in [-0.2, -0.15) is 0 Å². The first kappa shape index (κ1) is 34.6. The number of thiazole rings is 1. The third-order valence-corrected chi connectivity index (χ3v) is 9.04. The summed E-state index contributed by atoms with van der Waals surface area (Å²) >= 11 is 4.83. The number of hydrogen-bond donors (Lipinski definition) is 0. The van der Waals surface area contributed by atoms with Crippen LogP contribution in [-0.4, -0.2) is 43.4 Å². The number of aromatic nitrogens is 1. The van der Waals surface area contributed by atoms with Gasteiger partial charge >= 0.3 is 11.9 Å². The number of hydrogen-bond acceptors (Lipinski definition) is 10. The molecule has 0 fully saturated rings. The Kier molecular flexibility index (Phi) is 11.2. The van der Waals surface area contributed by atoms with Gasteiger partial charge in [-0.3, -0.25) is 9.36 Å². The lowest BCUT2D eigenvalue weighted by Crippen LogP contribution is -2.40. The number of methoxy groups -OCH3 is 1. The van der Waals surface area contributed by atoms with E-state index < -0.39 is 18.0 Å². The minimum absolute atomic E-state index is 0.150. The first-order valence-corrected chi connectivity index (χ1v) is 16.9. The molecule has 0 bridgehead atoms. The Morgan fingerprint density at radius 3 is 2.38 bits per heavy atom. The molecule has 0 unspecified atom stereocenters. The molecule has 0 saturated heterocycles. The van der Waals surface area contributed by atoms with Crippen LogP contribution in [0.15, 0.2) is 86.2 Å². The van der Waals surface area contributed by atoms with Crippen molar-refractivity contribution in [2.45, 2.75) is 40.3 Å². The second kappa shape index (κ2) is 15.5. The molecule has 0 saturated carbocycles. The van der Waals surface area contributed by atoms with Crippen LogP contribution in [0.4, 0.5) is 0 Å². The zero-order valence-electron chi connectivity index (χ0n) is 27.2. The number of allylic oxidation sites excluding steroid dienone is 1. The highest BCUT2D eigenvalue weighted by atomic mass is 79.9. The molecule has 0 spiro atoms. The number of halogens is 1. The zero-order valence-corrected chi connectivity index (χ0v) is 29.6. The third kappa shape index (κ3) is 7.71. The van der Waals surface area contributed by atoms with E-state index in [9.17, 15) is 14.4 Å². The molecular formula is C36H35BrN2O8S. The third-order valence-electron chi connectivity index (χ3n) is 7.44. The minimum atomic E-state index is -0.861. The van der Waals surface area contributed by atoms with E-state index in [4.69, 9.17) is 18.9 Å². The zero-order chi connectivity index (χ0) is 34.4. The fourth-order valence-corrected chi connectivity index (χ4v) is 6.66. The van der Waals surface area contributed by atoms with Crippen LogP contribution in [0.3, 0.4) is 0 Å². The van der Waals surface area contributed by atoms with Crippen LogP contribution in [0, 0.1) is 6.92 Å². The van der Waals surface area contributed by atoms with Gasteiger partial charge in [0.05, 0.1) is 46.6 Å². The van der Waals surface area contributed by atoms with Crippen molar-refractivity contribution >= 4 is 45.3 Å². The quantitative estimate of drug-likeness (QED) is 0.178. The Morgan fingerprint density at radius 2 is 1.69 bits per heavy atom. The molecule has 0 radical (unpaired) electrons. The van der Waals surface area contributed by atoms with Gasteiger partial charge in [0.15, 0.2) is 22.9 Å². The van der Waals surface area contributed by atoms with Gasteiger partial charge < -0.3 is 23.7 Å². The summed E-state index contributed by atoms with van der Waals surface area (Å²) in [5.41, 5.74) is 3.94. The maximum Gasteiger partial charge on any atom is 0.343 e. The van der Waals surface area contributed by atoms with Crippen molar-refractivity contribution in [2.75, 3.05) is 26.9 Å². The van der Waals surface area contributed by atoms with Crippen molar-refractivity contribution in [2.24, 2.45) is 4.99 Å². The van der Waals surface area contributed by atoms with Gasteiger partial charge in [0, 0.05) is 0 Å². The summed E-state index contributed by atoms with van der Waals surface area (Å²) in [6, 6.07) is 18.0. The van der Waals surface area contributed by atoms with Crippen LogP contribution in [0.5, 0.6) is 17.2 Å². The molecule has 2 heterocycles. The maximum atomic E-state index is 14.1. The lowest BCUT2D eigenvalue weighted by atomic mass is 9.95. The Hall–Kier alpha value is -4.68. The summed E-state index contributed by atoms with van der Waals surface area (Å²) in [4.78, 5) is 44.3. The predicted octanol–water partition coefficient (Wildman–Crippen LogP) is 5.40. The van der Waals surface area contributed by atoms with Crippen molar-refractivity contribution in [3.63, 3.8) is 0 Å². The second-order valence-corrected chi connectivity index (χ2v) is 12.6. The Bertz CT molecular complexity index is 2050. The number of benzene rings is 3. The van der Waals surface area contributed by atoms with Gasteiger partial charge in [-0.05, 0) is 90.7 Å². The fourth-order valence-electron chi connectivity index (χ4n) is 5.11. The smallest absolute Gasteiger partial charge is 0.343 e. The van der Waals surface area contributed by atoms with E-state index in [0.717, 1.165) is 15.6 Å². The van der Waals surface area contributed by atoms with Gasteiger partial charge in [-0.1, -0.05) is 53.3 Å². The molecule has 0 amide bonds. The van der Waals surface area contributed by atoms with E-state index in [-0.39, 0.29) is 24.3 Å². The van der Waals surface area contributed by atoms with Gasteiger partial charge in [0.25, 0.3) is 5.56 Å². The molecule has 48 heavy (non-hydrogen) atoms. The van der Waals surface area contributed by atoms with E-state index in [1.165, 1.54) is 28.6 Å². The second-order valence-electron chi connectivity index (χ2n) is 10.8. The highest BCUT2D eigenvalue weighted by molar-refractivity contribution is 9.10. The molecule has 10 nitrogen and oxygen atoms in total. The molecule has 4 aromatic rings. The fraction of sp³-hybridized carbons (Fsp3) is 0.278. The van der Waals surface area contributed by atoms with Gasteiger partial charge in [-0.25, -0.2) is 14.6 Å². The number of aryl methyl sites for hydroxylation is 1. The normalized spacial score (nSPS) is 14.2. The lowest BCUT2D eigenvalue weighted by Gasteiger charge is -2.25. The summed E-state index contributed by atoms with van der Waals surface area (Å²) in [6.07, 6.45) is 1.79. The Labute approximate surface area is 290 Å². The van der Waals surface area contributed by atoms with E-state index in [1.807, 2.05) is 56.3 Å². The van der Waals surface area contributed by atoms with E-state index in [2.05, 4.69) is 25.7 Å². The Morgan fingerprint density at radius 1 is 0.938 bits per heavy atom. The summed E-state index contributed by atoms with van der Waals surface area (Å²) in [5.74, 6) is 0.204. The molecule has 0 N–H and O–H groups in total. The van der Waals surface area contributed by atoms with Gasteiger partial charge in [0.2, 0.25) is 0 Å². The van der Waals surface area contributed by atoms with Crippen molar-refractivity contribution in [3.05, 3.63) is 118 Å². The predicted molar refractivity (Wildman–Crippen MR) is 185 cm³/mol. The summed E-state index contributed by atoms with van der Waals surface area (Å²) in [7, 11) is 1.27. The molecule has 12 heteroatoms. The molecule has 250 valence electrons. The summed E-state index contributed by atoms with van der Waals surface area (Å²) < 4.78 is 30.3. The number of carbonyl (C=O) groups is 2. The Balaban J connectivity index is 1.54. The number of esters is 2. The first-order chi connectivity index (χ1) is 23.1. The average Bonchev–Trinajstić information content (AvgIpc) is 3.37. The maximum absolute atomic E-state index is 14.1. The van der Waals surface area contributed by atoms with Crippen LogP contribution in [0.25, 0.3) is 6.08 Å². The summed E-state index contributed by atoms with van der Waals surface area (Å²) in [6.45, 7) is 7.86. The highest BCUT2D eigenvalue weighted by Gasteiger charge is 2.34. The molecule has 1 aliphatic heterocycles. The van der Waals surface area contributed by atoms with Crippen LogP contribution in [0.2, 0.25) is 0 Å². The van der Waals surface area contributed by atoms with Crippen molar-refractivity contribution < 1.29 is 33.3 Å². The molecule has 0 aliphatic carbocycles.